The SMILES string of the molecule is Clc1cc2[nH]ncc2c(Cl)c1Cl. The van der Waals surface area contributed by atoms with E-state index in [4.69, 9.17) is 34.8 Å². The van der Waals surface area contributed by atoms with Crippen LogP contribution in [-0.2, 0) is 0 Å². The number of H-pyrrole nitrogens is 1. The van der Waals surface area contributed by atoms with Crippen molar-refractivity contribution in [3.8, 4) is 0 Å². The standard InChI is InChI=1S/C7H3Cl3N2/c8-4-1-5-3(2-11-12-5)6(9)7(4)10/h1-2H,(H,11,12). The van der Waals surface area contributed by atoms with Gasteiger partial charge >= 0.3 is 0 Å². The van der Waals surface area contributed by atoms with Gasteiger partial charge in [-0.15, -0.1) is 0 Å². The van der Waals surface area contributed by atoms with Crippen LogP contribution in [0.25, 0.3) is 10.9 Å². The average Bonchev–Trinajstić information content (AvgIpc) is 2.48. The van der Waals surface area contributed by atoms with E-state index in [0.717, 1.165) is 10.9 Å². The first kappa shape index (κ1) is 8.17. The summed E-state index contributed by atoms with van der Waals surface area (Å²) in [6, 6.07) is 1.69. The van der Waals surface area contributed by atoms with Gasteiger partial charge in [-0.2, -0.15) is 5.10 Å². The minimum atomic E-state index is 0.368. The van der Waals surface area contributed by atoms with Crippen molar-refractivity contribution in [2.45, 2.75) is 0 Å². The van der Waals surface area contributed by atoms with Crippen molar-refractivity contribution in [1.29, 1.82) is 0 Å². The van der Waals surface area contributed by atoms with Gasteiger partial charge in [0, 0.05) is 5.39 Å². The Labute approximate surface area is 83.4 Å². The zero-order valence-corrected chi connectivity index (χ0v) is 8.00. The zero-order valence-electron chi connectivity index (χ0n) is 5.74. The minimum absolute atomic E-state index is 0.368. The summed E-state index contributed by atoms with van der Waals surface area (Å²) in [6.45, 7) is 0. The van der Waals surface area contributed by atoms with E-state index in [-0.39, 0.29) is 0 Å². The molecule has 0 fully saturated rings. The number of halogens is 3. The van der Waals surface area contributed by atoms with Crippen molar-refractivity contribution in [3.63, 3.8) is 0 Å². The van der Waals surface area contributed by atoms with E-state index < -0.39 is 0 Å². The molecule has 62 valence electrons. The van der Waals surface area contributed by atoms with Gasteiger partial charge in [-0.1, -0.05) is 34.8 Å². The molecule has 0 radical (unpaired) electrons. The highest BCUT2D eigenvalue weighted by molar-refractivity contribution is 6.50. The van der Waals surface area contributed by atoms with E-state index in [1.807, 2.05) is 0 Å². The molecule has 0 bridgehead atoms. The second-order valence-electron chi connectivity index (χ2n) is 2.32. The number of benzene rings is 1. The summed E-state index contributed by atoms with van der Waals surface area (Å²) in [5.41, 5.74) is 0.786. The highest BCUT2D eigenvalue weighted by Gasteiger charge is 2.09. The van der Waals surface area contributed by atoms with Crippen LogP contribution in [0.4, 0.5) is 0 Å². The van der Waals surface area contributed by atoms with Crippen LogP contribution in [0.3, 0.4) is 0 Å². The number of aromatic amines is 1. The van der Waals surface area contributed by atoms with Crippen LogP contribution in [-0.4, -0.2) is 10.2 Å². The number of hydrogen-bond donors (Lipinski definition) is 1. The number of nitrogens with zero attached hydrogens (tertiary/aromatic N) is 1. The fraction of sp³-hybridized carbons (Fsp3) is 0. The van der Waals surface area contributed by atoms with Crippen LogP contribution in [0, 0.1) is 0 Å². The van der Waals surface area contributed by atoms with Crippen LogP contribution in [0.5, 0.6) is 0 Å². The fourth-order valence-electron chi connectivity index (χ4n) is 0.994. The largest absolute Gasteiger partial charge is 0.278 e. The number of hydrogen-bond acceptors (Lipinski definition) is 1. The second kappa shape index (κ2) is 2.80. The van der Waals surface area contributed by atoms with Crippen molar-refractivity contribution in [2.75, 3.05) is 0 Å². The minimum Gasteiger partial charge on any atom is -0.278 e. The molecule has 0 amide bonds. The molecule has 1 heterocycles. The summed E-state index contributed by atoms with van der Waals surface area (Å²) in [7, 11) is 0. The van der Waals surface area contributed by atoms with E-state index in [1.54, 1.807) is 12.3 Å². The molecule has 0 spiro atoms. The van der Waals surface area contributed by atoms with E-state index >= 15 is 0 Å². The van der Waals surface area contributed by atoms with Crippen molar-refractivity contribution in [1.82, 2.24) is 10.2 Å². The molecule has 0 unspecified atom stereocenters. The van der Waals surface area contributed by atoms with Crippen LogP contribution in [0.1, 0.15) is 0 Å². The summed E-state index contributed by atoms with van der Waals surface area (Å²) in [4.78, 5) is 0. The highest BCUT2D eigenvalue weighted by atomic mass is 35.5. The Morgan fingerprint density at radius 1 is 1.17 bits per heavy atom. The van der Waals surface area contributed by atoms with E-state index in [9.17, 15) is 0 Å². The van der Waals surface area contributed by atoms with E-state index in [1.165, 1.54) is 0 Å². The number of fused-ring (bicyclic) bond motifs is 1. The molecule has 1 N–H and O–H groups in total. The molecule has 0 saturated carbocycles. The molecular weight excluding hydrogens is 218 g/mol. The first-order valence-corrected chi connectivity index (χ1v) is 4.30. The Bertz CT molecular complexity index is 435. The smallest absolute Gasteiger partial charge is 0.0786 e. The van der Waals surface area contributed by atoms with Crippen molar-refractivity contribution in [2.24, 2.45) is 0 Å². The molecule has 0 aliphatic heterocycles. The van der Waals surface area contributed by atoms with Gasteiger partial charge in [-0.05, 0) is 6.07 Å². The summed E-state index contributed by atoms with van der Waals surface area (Å²) in [5, 5.41) is 8.59. The number of nitrogens with one attached hydrogen (secondary N) is 1. The van der Waals surface area contributed by atoms with Gasteiger partial charge in [0.05, 0.1) is 26.8 Å². The molecule has 2 rings (SSSR count). The first-order valence-electron chi connectivity index (χ1n) is 3.16. The van der Waals surface area contributed by atoms with Gasteiger partial charge in [-0.3, -0.25) is 5.10 Å². The average molecular weight is 221 g/mol. The van der Waals surface area contributed by atoms with Gasteiger partial charge in [0.15, 0.2) is 0 Å². The predicted octanol–water partition coefficient (Wildman–Crippen LogP) is 3.52. The normalized spacial score (nSPS) is 10.9. The van der Waals surface area contributed by atoms with Gasteiger partial charge in [-0.25, -0.2) is 0 Å². The molecule has 1 aromatic carbocycles. The summed E-state index contributed by atoms with van der Waals surface area (Å²) in [5.74, 6) is 0. The van der Waals surface area contributed by atoms with Crippen LogP contribution in [0.15, 0.2) is 12.3 Å². The zero-order chi connectivity index (χ0) is 8.72. The molecule has 0 saturated heterocycles. The van der Waals surface area contributed by atoms with Crippen molar-refractivity contribution < 1.29 is 0 Å². The molecule has 0 aliphatic rings. The quantitative estimate of drug-likeness (QED) is 0.678. The maximum atomic E-state index is 5.90. The first-order chi connectivity index (χ1) is 5.70. The van der Waals surface area contributed by atoms with Crippen LogP contribution < -0.4 is 0 Å². The Morgan fingerprint density at radius 3 is 2.67 bits per heavy atom. The Kier molecular flexibility index (Phi) is 1.91. The molecule has 5 heteroatoms. The third-order valence-electron chi connectivity index (χ3n) is 1.58. The van der Waals surface area contributed by atoms with Crippen molar-refractivity contribution in [3.05, 3.63) is 27.3 Å². The Hall–Kier alpha value is -0.440. The van der Waals surface area contributed by atoms with Gasteiger partial charge in [0.25, 0.3) is 0 Å². The summed E-state index contributed by atoms with van der Waals surface area (Å²) < 4.78 is 0. The van der Waals surface area contributed by atoms with Crippen LogP contribution >= 0.6 is 34.8 Å². The number of aromatic nitrogens is 2. The lowest BCUT2D eigenvalue weighted by atomic mass is 10.2. The summed E-state index contributed by atoms with van der Waals surface area (Å²) >= 11 is 17.5. The highest BCUT2D eigenvalue weighted by Crippen LogP contribution is 2.35. The Morgan fingerprint density at radius 2 is 1.92 bits per heavy atom. The fourth-order valence-corrected chi connectivity index (χ4v) is 1.65. The van der Waals surface area contributed by atoms with Gasteiger partial charge in [0.1, 0.15) is 0 Å². The molecule has 0 aliphatic carbocycles. The summed E-state index contributed by atoms with van der Waals surface area (Å²) in [6.07, 6.45) is 1.61. The van der Waals surface area contributed by atoms with Gasteiger partial charge < -0.3 is 0 Å². The van der Waals surface area contributed by atoms with Crippen LogP contribution in [0.2, 0.25) is 15.1 Å². The molecular formula is C7H3Cl3N2. The van der Waals surface area contributed by atoms with E-state index in [0.29, 0.717) is 15.1 Å². The lowest BCUT2D eigenvalue weighted by Gasteiger charge is -1.98. The van der Waals surface area contributed by atoms with Crippen molar-refractivity contribution >= 4 is 45.7 Å². The maximum Gasteiger partial charge on any atom is 0.0786 e. The lowest BCUT2D eigenvalue weighted by Crippen LogP contribution is -1.74. The molecule has 12 heavy (non-hydrogen) atoms. The molecule has 0 atom stereocenters. The Balaban J connectivity index is 2.94. The lowest BCUT2D eigenvalue weighted by molar-refractivity contribution is 1.12. The number of rotatable bonds is 0. The molecule has 2 nitrogen and oxygen atoms in total. The third-order valence-corrected chi connectivity index (χ3v) is 2.86. The predicted molar refractivity (Wildman–Crippen MR) is 51.1 cm³/mol. The monoisotopic (exact) mass is 220 g/mol. The maximum absolute atomic E-state index is 5.90. The molecule has 2 aromatic rings. The second-order valence-corrected chi connectivity index (χ2v) is 3.48. The third kappa shape index (κ3) is 1.07. The van der Waals surface area contributed by atoms with Gasteiger partial charge in [0.2, 0.25) is 0 Å². The topological polar surface area (TPSA) is 28.7 Å². The molecule has 1 aromatic heterocycles. The van der Waals surface area contributed by atoms with E-state index in [2.05, 4.69) is 10.2 Å².